The van der Waals surface area contributed by atoms with Gasteiger partial charge in [-0.2, -0.15) is 0 Å². The Labute approximate surface area is 121 Å². The first-order valence-corrected chi connectivity index (χ1v) is 6.85. The fraction of sp³-hybridized carbons (Fsp3) is 0.133. The van der Waals surface area contributed by atoms with E-state index in [1.807, 2.05) is 23.6 Å². The van der Waals surface area contributed by atoms with Crippen molar-refractivity contribution in [1.82, 2.24) is 0 Å². The molecule has 3 N–H and O–H groups in total. The normalized spacial score (nSPS) is 9.50. The number of hydrogen-bond donors (Lipinski definition) is 2. The molecule has 0 saturated heterocycles. The second kappa shape index (κ2) is 6.75. The van der Waals surface area contributed by atoms with E-state index >= 15 is 0 Å². The van der Waals surface area contributed by atoms with Crippen LogP contribution in [0.5, 0.6) is 5.75 Å². The highest BCUT2D eigenvalue weighted by atomic mass is 32.1. The molecule has 5 heteroatoms. The van der Waals surface area contributed by atoms with Crippen LogP contribution < -0.4 is 15.8 Å². The van der Waals surface area contributed by atoms with Gasteiger partial charge in [-0.15, -0.1) is 11.3 Å². The van der Waals surface area contributed by atoms with Crippen LogP contribution in [0.4, 0.5) is 5.69 Å². The molecule has 2 rings (SSSR count). The molecule has 0 bridgehead atoms. The van der Waals surface area contributed by atoms with Crippen LogP contribution in [-0.2, 0) is 0 Å². The lowest BCUT2D eigenvalue weighted by Gasteiger charge is -2.09. The molecule has 0 aliphatic carbocycles. The minimum Gasteiger partial charge on any atom is -0.495 e. The number of rotatable bonds is 3. The summed E-state index contributed by atoms with van der Waals surface area (Å²) in [5, 5.41) is 4.66. The van der Waals surface area contributed by atoms with Gasteiger partial charge in [-0.25, -0.2) is 0 Å². The van der Waals surface area contributed by atoms with Gasteiger partial charge in [0.05, 0.1) is 19.3 Å². The summed E-state index contributed by atoms with van der Waals surface area (Å²) in [5.74, 6) is 6.06. The maximum absolute atomic E-state index is 12.3. The number of nitrogens with one attached hydrogen (secondary N) is 1. The van der Waals surface area contributed by atoms with E-state index in [9.17, 15) is 4.79 Å². The molecule has 1 amide bonds. The smallest absolute Gasteiger partial charge is 0.267 e. The summed E-state index contributed by atoms with van der Waals surface area (Å²) in [6.07, 6.45) is 0. The van der Waals surface area contributed by atoms with Crippen LogP contribution in [-0.4, -0.2) is 19.6 Å². The second-order valence-corrected chi connectivity index (χ2v) is 4.74. The van der Waals surface area contributed by atoms with Crippen molar-refractivity contribution in [3.8, 4) is 17.6 Å². The van der Waals surface area contributed by atoms with Gasteiger partial charge >= 0.3 is 0 Å². The molecule has 1 aromatic carbocycles. The molecule has 1 heterocycles. The van der Waals surface area contributed by atoms with Crippen molar-refractivity contribution < 1.29 is 9.53 Å². The van der Waals surface area contributed by atoms with Crippen LogP contribution in [0.2, 0.25) is 0 Å². The van der Waals surface area contributed by atoms with E-state index in [2.05, 4.69) is 17.2 Å². The largest absolute Gasteiger partial charge is 0.495 e. The standard InChI is InChI=1S/C15H14N2O2S/c1-19-13-7-3-2-6-12(13)17-15(18)14-11(5-4-9-16)8-10-20-14/h2-3,6-8,10H,9,16H2,1H3,(H,17,18). The van der Waals surface area contributed by atoms with Gasteiger partial charge in [0.25, 0.3) is 5.91 Å². The number of nitrogens with two attached hydrogens (primary N) is 1. The van der Waals surface area contributed by atoms with Crippen LogP contribution in [0.1, 0.15) is 15.2 Å². The van der Waals surface area contributed by atoms with Crippen LogP contribution in [0, 0.1) is 11.8 Å². The van der Waals surface area contributed by atoms with Crippen LogP contribution in [0.15, 0.2) is 35.7 Å². The van der Waals surface area contributed by atoms with Crippen molar-refractivity contribution in [3.63, 3.8) is 0 Å². The zero-order valence-electron chi connectivity index (χ0n) is 11.0. The third-order valence-corrected chi connectivity index (χ3v) is 3.46. The summed E-state index contributed by atoms with van der Waals surface area (Å²) < 4.78 is 5.20. The first kappa shape index (κ1) is 14.1. The van der Waals surface area contributed by atoms with E-state index in [-0.39, 0.29) is 12.5 Å². The predicted octanol–water partition coefficient (Wildman–Crippen LogP) is 2.32. The Morgan fingerprint density at radius 3 is 2.95 bits per heavy atom. The Balaban J connectivity index is 2.22. The fourth-order valence-corrected chi connectivity index (χ4v) is 2.40. The first-order chi connectivity index (χ1) is 9.76. The Kier molecular flexibility index (Phi) is 4.77. The number of para-hydroxylation sites is 2. The number of thiophene rings is 1. The van der Waals surface area contributed by atoms with Crippen molar-refractivity contribution in [3.05, 3.63) is 46.2 Å². The van der Waals surface area contributed by atoms with Crippen molar-refractivity contribution in [2.75, 3.05) is 19.0 Å². The van der Waals surface area contributed by atoms with Gasteiger partial charge in [0.15, 0.2) is 0 Å². The van der Waals surface area contributed by atoms with Crippen molar-refractivity contribution in [1.29, 1.82) is 0 Å². The molecule has 4 nitrogen and oxygen atoms in total. The number of carbonyl (C=O) groups is 1. The maximum Gasteiger partial charge on any atom is 0.267 e. The number of ether oxygens (including phenoxy) is 1. The highest BCUT2D eigenvalue weighted by Gasteiger charge is 2.13. The average Bonchev–Trinajstić information content (AvgIpc) is 2.94. The van der Waals surface area contributed by atoms with Crippen molar-refractivity contribution >= 4 is 22.9 Å². The molecule has 0 saturated carbocycles. The fourth-order valence-electron chi connectivity index (χ4n) is 1.66. The van der Waals surface area contributed by atoms with E-state index in [1.54, 1.807) is 19.2 Å². The van der Waals surface area contributed by atoms with Crippen molar-refractivity contribution in [2.45, 2.75) is 0 Å². The number of methoxy groups -OCH3 is 1. The lowest BCUT2D eigenvalue weighted by molar-refractivity contribution is 0.103. The van der Waals surface area contributed by atoms with Gasteiger partial charge in [-0.3, -0.25) is 4.79 Å². The van der Waals surface area contributed by atoms with Crippen molar-refractivity contribution in [2.24, 2.45) is 5.73 Å². The molecule has 0 radical (unpaired) electrons. The van der Waals surface area contributed by atoms with Gasteiger partial charge in [-0.1, -0.05) is 24.0 Å². The summed E-state index contributed by atoms with van der Waals surface area (Å²) in [4.78, 5) is 12.8. The molecule has 102 valence electrons. The zero-order valence-corrected chi connectivity index (χ0v) is 11.8. The molecule has 0 fully saturated rings. The quantitative estimate of drug-likeness (QED) is 0.851. The lowest BCUT2D eigenvalue weighted by Crippen LogP contribution is -2.12. The number of carbonyl (C=O) groups excluding carboxylic acids is 1. The summed E-state index contributed by atoms with van der Waals surface area (Å²) >= 11 is 1.34. The minimum atomic E-state index is -0.203. The Hall–Kier alpha value is -2.29. The second-order valence-electron chi connectivity index (χ2n) is 3.82. The summed E-state index contributed by atoms with van der Waals surface area (Å²) in [5.41, 5.74) is 6.66. The van der Waals surface area contributed by atoms with Gasteiger partial charge < -0.3 is 15.8 Å². The van der Waals surface area contributed by atoms with E-state index in [4.69, 9.17) is 10.5 Å². The predicted molar refractivity (Wildman–Crippen MR) is 81.2 cm³/mol. The molecular weight excluding hydrogens is 272 g/mol. The minimum absolute atomic E-state index is 0.203. The number of amides is 1. The SMILES string of the molecule is COc1ccccc1NC(=O)c1sccc1C#CCN. The van der Waals surface area contributed by atoms with Crippen LogP contribution in [0.25, 0.3) is 0 Å². The number of hydrogen-bond acceptors (Lipinski definition) is 4. The Morgan fingerprint density at radius 2 is 2.20 bits per heavy atom. The zero-order chi connectivity index (χ0) is 14.4. The molecule has 0 atom stereocenters. The van der Waals surface area contributed by atoms with Gasteiger partial charge in [-0.05, 0) is 23.6 Å². The molecule has 20 heavy (non-hydrogen) atoms. The van der Waals surface area contributed by atoms with E-state index < -0.39 is 0 Å². The van der Waals surface area contributed by atoms with Gasteiger partial charge in [0, 0.05) is 5.56 Å². The third-order valence-electron chi connectivity index (χ3n) is 2.55. The Morgan fingerprint density at radius 1 is 1.40 bits per heavy atom. The van der Waals surface area contributed by atoms with Crippen LogP contribution >= 0.6 is 11.3 Å². The topological polar surface area (TPSA) is 64.3 Å². The van der Waals surface area contributed by atoms with Crippen LogP contribution in [0.3, 0.4) is 0 Å². The highest BCUT2D eigenvalue weighted by Crippen LogP contribution is 2.25. The molecule has 0 unspecified atom stereocenters. The highest BCUT2D eigenvalue weighted by molar-refractivity contribution is 7.12. The third kappa shape index (κ3) is 3.18. The number of anilines is 1. The van der Waals surface area contributed by atoms with Gasteiger partial charge in [0.2, 0.25) is 0 Å². The average molecular weight is 286 g/mol. The monoisotopic (exact) mass is 286 g/mol. The van der Waals surface area contributed by atoms with E-state index in [1.165, 1.54) is 11.3 Å². The molecule has 1 aromatic heterocycles. The van der Waals surface area contributed by atoms with E-state index in [0.29, 0.717) is 21.9 Å². The Bertz CT molecular complexity index is 668. The first-order valence-electron chi connectivity index (χ1n) is 5.97. The van der Waals surface area contributed by atoms with E-state index in [0.717, 1.165) is 0 Å². The van der Waals surface area contributed by atoms with Gasteiger partial charge in [0.1, 0.15) is 10.6 Å². The molecule has 0 aliphatic heterocycles. The molecule has 0 aliphatic rings. The summed E-state index contributed by atoms with van der Waals surface area (Å²) in [6, 6.07) is 9.07. The molecule has 0 spiro atoms. The maximum atomic E-state index is 12.3. The molecule has 2 aromatic rings. The summed E-state index contributed by atoms with van der Waals surface area (Å²) in [7, 11) is 1.56. The molecular formula is C15H14N2O2S. The lowest BCUT2D eigenvalue weighted by atomic mass is 10.2. The number of benzene rings is 1. The summed E-state index contributed by atoms with van der Waals surface area (Å²) in [6.45, 7) is 0.267.